The highest BCUT2D eigenvalue weighted by molar-refractivity contribution is 6.31. The summed E-state index contributed by atoms with van der Waals surface area (Å²) in [6.07, 6.45) is 1.33. The summed E-state index contributed by atoms with van der Waals surface area (Å²) in [6.45, 7) is 1.49. The number of pyridine rings is 1. The summed E-state index contributed by atoms with van der Waals surface area (Å²) in [4.78, 5) is 16.8. The van der Waals surface area contributed by atoms with Crippen LogP contribution in [0.1, 0.15) is 11.7 Å². The van der Waals surface area contributed by atoms with Crippen LogP contribution in [-0.4, -0.2) is 29.6 Å². The highest BCUT2D eigenvalue weighted by atomic mass is 35.5. The Kier molecular flexibility index (Phi) is 4.22. The van der Waals surface area contributed by atoms with Gasteiger partial charge in [0.1, 0.15) is 6.10 Å². The number of benzene rings is 1. The van der Waals surface area contributed by atoms with Gasteiger partial charge in [-0.2, -0.15) is 0 Å². The topological polar surface area (TPSA) is 68.5 Å². The molecule has 2 aromatic rings. The minimum atomic E-state index is -0.414. The lowest BCUT2D eigenvalue weighted by Crippen LogP contribution is -2.39. The summed E-state index contributed by atoms with van der Waals surface area (Å²) in [5.74, 6) is 0.368. The first-order chi connectivity index (χ1) is 10.7. The number of hydrogen-bond acceptors (Lipinski definition) is 5. The van der Waals surface area contributed by atoms with Crippen LogP contribution < -0.4 is 4.90 Å². The van der Waals surface area contributed by atoms with Gasteiger partial charge in [-0.15, -0.1) is 0 Å². The summed E-state index contributed by atoms with van der Waals surface area (Å²) in [6, 6.07) is 10.5. The molecule has 0 bridgehead atoms. The standard InChI is InChI=1S/C15H14ClN3O3/c16-12-5-2-1-4-11(12)14-10-18(8-9-22-14)15-13(19(20)21)6-3-7-17-15/h1-7,14H,8-10H2/t14-/m0/s1. The van der Waals surface area contributed by atoms with Gasteiger partial charge in [0, 0.05) is 29.4 Å². The molecule has 0 radical (unpaired) electrons. The Morgan fingerprint density at radius 3 is 2.91 bits per heavy atom. The molecular formula is C15H14ClN3O3. The Hall–Kier alpha value is -2.18. The lowest BCUT2D eigenvalue weighted by Gasteiger charge is -2.33. The van der Waals surface area contributed by atoms with Crippen LogP contribution in [0.3, 0.4) is 0 Å². The third-order valence-corrected chi connectivity index (χ3v) is 3.93. The second-order valence-electron chi connectivity index (χ2n) is 4.93. The first kappa shape index (κ1) is 14.7. The van der Waals surface area contributed by atoms with Crippen LogP contribution in [0.2, 0.25) is 5.02 Å². The monoisotopic (exact) mass is 319 g/mol. The predicted octanol–water partition coefficient (Wildman–Crippen LogP) is 3.22. The van der Waals surface area contributed by atoms with Gasteiger partial charge < -0.3 is 9.64 Å². The fraction of sp³-hybridized carbons (Fsp3) is 0.267. The van der Waals surface area contributed by atoms with Crippen LogP contribution in [0.5, 0.6) is 0 Å². The van der Waals surface area contributed by atoms with E-state index in [0.29, 0.717) is 30.5 Å². The number of nitrogens with zero attached hydrogens (tertiary/aromatic N) is 3. The van der Waals surface area contributed by atoms with Gasteiger partial charge in [0.25, 0.3) is 0 Å². The van der Waals surface area contributed by atoms with Crippen molar-refractivity contribution in [1.82, 2.24) is 4.98 Å². The van der Waals surface area contributed by atoms with Gasteiger partial charge in [0.05, 0.1) is 18.1 Å². The van der Waals surface area contributed by atoms with Crippen molar-refractivity contribution >= 4 is 23.1 Å². The maximum atomic E-state index is 11.2. The highest BCUT2D eigenvalue weighted by Gasteiger charge is 2.28. The Balaban J connectivity index is 1.88. The number of anilines is 1. The molecule has 0 unspecified atom stereocenters. The molecule has 0 spiro atoms. The smallest absolute Gasteiger partial charge is 0.311 e. The average Bonchev–Trinajstić information content (AvgIpc) is 2.55. The summed E-state index contributed by atoms with van der Waals surface area (Å²) in [5, 5.41) is 11.8. The van der Waals surface area contributed by atoms with E-state index in [1.54, 1.807) is 12.3 Å². The molecule has 0 amide bonds. The molecule has 1 aromatic carbocycles. The van der Waals surface area contributed by atoms with Crippen molar-refractivity contribution in [3.63, 3.8) is 0 Å². The summed E-state index contributed by atoms with van der Waals surface area (Å²) in [5.41, 5.74) is 0.884. The van der Waals surface area contributed by atoms with Crippen molar-refractivity contribution in [2.75, 3.05) is 24.6 Å². The molecule has 6 nitrogen and oxygen atoms in total. The number of aromatic nitrogens is 1. The summed E-state index contributed by atoms with van der Waals surface area (Å²) in [7, 11) is 0. The first-order valence-electron chi connectivity index (χ1n) is 6.87. The number of nitro groups is 1. The van der Waals surface area contributed by atoms with E-state index in [1.165, 1.54) is 6.07 Å². The second kappa shape index (κ2) is 6.29. The van der Waals surface area contributed by atoms with E-state index in [4.69, 9.17) is 16.3 Å². The van der Waals surface area contributed by atoms with Crippen molar-refractivity contribution in [2.24, 2.45) is 0 Å². The first-order valence-corrected chi connectivity index (χ1v) is 7.25. The van der Waals surface area contributed by atoms with Gasteiger partial charge in [-0.25, -0.2) is 4.98 Å². The van der Waals surface area contributed by atoms with E-state index in [2.05, 4.69) is 4.98 Å². The van der Waals surface area contributed by atoms with Crippen molar-refractivity contribution < 1.29 is 9.66 Å². The van der Waals surface area contributed by atoms with Gasteiger partial charge in [-0.1, -0.05) is 29.8 Å². The predicted molar refractivity (Wildman–Crippen MR) is 83.2 cm³/mol. The fourth-order valence-corrected chi connectivity index (χ4v) is 2.80. The molecule has 0 saturated carbocycles. The van der Waals surface area contributed by atoms with E-state index in [1.807, 2.05) is 29.2 Å². The Labute approximate surface area is 132 Å². The Bertz CT molecular complexity index is 695. The molecular weight excluding hydrogens is 306 g/mol. The van der Waals surface area contributed by atoms with Crippen molar-refractivity contribution in [1.29, 1.82) is 0 Å². The van der Waals surface area contributed by atoms with Crippen LogP contribution in [0, 0.1) is 10.1 Å². The minimum Gasteiger partial charge on any atom is -0.370 e. The lowest BCUT2D eigenvalue weighted by atomic mass is 10.1. The van der Waals surface area contributed by atoms with Crippen LogP contribution in [-0.2, 0) is 4.74 Å². The molecule has 1 aliphatic heterocycles. The van der Waals surface area contributed by atoms with Gasteiger partial charge in [-0.05, 0) is 12.1 Å². The van der Waals surface area contributed by atoms with Gasteiger partial charge >= 0.3 is 5.69 Å². The zero-order chi connectivity index (χ0) is 15.5. The molecule has 7 heteroatoms. The third kappa shape index (κ3) is 2.88. The maximum absolute atomic E-state index is 11.2. The molecule has 3 rings (SSSR count). The molecule has 1 aromatic heterocycles. The van der Waals surface area contributed by atoms with E-state index in [-0.39, 0.29) is 11.8 Å². The second-order valence-corrected chi connectivity index (χ2v) is 5.34. The number of morpholine rings is 1. The SMILES string of the molecule is O=[N+]([O-])c1cccnc1N1CCO[C@H](c2ccccc2Cl)C1. The van der Waals surface area contributed by atoms with Gasteiger partial charge in [0.2, 0.25) is 5.82 Å². The lowest BCUT2D eigenvalue weighted by molar-refractivity contribution is -0.384. The number of hydrogen-bond donors (Lipinski definition) is 0. The molecule has 2 heterocycles. The number of halogens is 1. The van der Waals surface area contributed by atoms with E-state index < -0.39 is 4.92 Å². The Morgan fingerprint density at radius 2 is 2.14 bits per heavy atom. The Morgan fingerprint density at radius 1 is 1.32 bits per heavy atom. The summed E-state index contributed by atoms with van der Waals surface area (Å²) < 4.78 is 5.77. The molecule has 1 aliphatic rings. The van der Waals surface area contributed by atoms with Crippen LogP contribution in [0.4, 0.5) is 11.5 Å². The zero-order valence-electron chi connectivity index (χ0n) is 11.7. The minimum absolute atomic E-state index is 0.00214. The molecule has 1 fully saturated rings. The molecule has 22 heavy (non-hydrogen) atoms. The molecule has 0 N–H and O–H groups in total. The highest BCUT2D eigenvalue weighted by Crippen LogP contribution is 2.32. The average molecular weight is 320 g/mol. The van der Waals surface area contributed by atoms with Crippen molar-refractivity contribution in [3.05, 3.63) is 63.3 Å². The molecule has 0 aliphatic carbocycles. The molecule has 1 atom stereocenters. The number of rotatable bonds is 3. The van der Waals surface area contributed by atoms with Crippen LogP contribution in [0.25, 0.3) is 0 Å². The normalized spacial score (nSPS) is 18.2. The fourth-order valence-electron chi connectivity index (χ4n) is 2.54. The van der Waals surface area contributed by atoms with Crippen molar-refractivity contribution in [3.8, 4) is 0 Å². The van der Waals surface area contributed by atoms with E-state index in [0.717, 1.165) is 5.56 Å². The largest absolute Gasteiger partial charge is 0.370 e. The van der Waals surface area contributed by atoms with E-state index >= 15 is 0 Å². The zero-order valence-corrected chi connectivity index (χ0v) is 12.4. The van der Waals surface area contributed by atoms with Crippen molar-refractivity contribution in [2.45, 2.75) is 6.10 Å². The van der Waals surface area contributed by atoms with E-state index in [9.17, 15) is 10.1 Å². The quantitative estimate of drug-likeness (QED) is 0.642. The van der Waals surface area contributed by atoms with Crippen LogP contribution in [0.15, 0.2) is 42.6 Å². The third-order valence-electron chi connectivity index (χ3n) is 3.58. The van der Waals surface area contributed by atoms with Gasteiger partial charge in [0.15, 0.2) is 0 Å². The molecule has 114 valence electrons. The summed E-state index contributed by atoms with van der Waals surface area (Å²) >= 11 is 6.21. The molecule has 1 saturated heterocycles. The maximum Gasteiger partial charge on any atom is 0.311 e. The number of ether oxygens (including phenoxy) is 1. The van der Waals surface area contributed by atoms with Gasteiger partial charge in [-0.3, -0.25) is 10.1 Å². The van der Waals surface area contributed by atoms with Crippen LogP contribution >= 0.6 is 11.6 Å².